The van der Waals surface area contributed by atoms with Crippen LogP contribution in [0.25, 0.3) is 0 Å². The molecule has 0 spiro atoms. The van der Waals surface area contributed by atoms with Crippen LogP contribution in [-0.4, -0.2) is 26.0 Å². The lowest BCUT2D eigenvalue weighted by Crippen LogP contribution is -2.39. The molecule has 2 aromatic rings. The molecule has 0 saturated heterocycles. The van der Waals surface area contributed by atoms with E-state index in [4.69, 9.17) is 21.1 Å². The van der Waals surface area contributed by atoms with E-state index in [1.807, 2.05) is 37.3 Å². The second kappa shape index (κ2) is 8.03. The van der Waals surface area contributed by atoms with Gasteiger partial charge in [0.05, 0.1) is 36.7 Å². The van der Waals surface area contributed by atoms with Crippen molar-refractivity contribution in [3.8, 4) is 5.75 Å². The van der Waals surface area contributed by atoms with Crippen LogP contribution in [-0.2, 0) is 14.3 Å². The highest BCUT2D eigenvalue weighted by Crippen LogP contribution is 2.44. The van der Waals surface area contributed by atoms with E-state index in [0.717, 1.165) is 22.6 Å². The number of nitrogens with one attached hydrogen (secondary N) is 2. The van der Waals surface area contributed by atoms with Crippen molar-refractivity contribution in [3.05, 3.63) is 64.3 Å². The van der Waals surface area contributed by atoms with Crippen LogP contribution in [0.5, 0.6) is 5.75 Å². The van der Waals surface area contributed by atoms with Crippen LogP contribution in [0.15, 0.2) is 53.7 Å². The van der Waals surface area contributed by atoms with Crippen molar-refractivity contribution in [2.24, 2.45) is 11.8 Å². The second-order valence-electron chi connectivity index (χ2n) is 7.58. The van der Waals surface area contributed by atoms with Crippen LogP contribution >= 0.6 is 11.6 Å². The first-order valence-corrected chi connectivity index (χ1v) is 10.1. The number of para-hydroxylation sites is 2. The number of rotatable bonds is 3. The number of methoxy groups -OCH3 is 2. The van der Waals surface area contributed by atoms with E-state index >= 15 is 0 Å². The van der Waals surface area contributed by atoms with Crippen molar-refractivity contribution >= 4 is 34.7 Å². The Bertz CT molecular complexity index is 1050. The SMILES string of the molecule is COC(=O)[C@@H]1C(=O)C2=C(C[C@H]1C)Nc1ccccc1N[C@@H]2c1ccc(OC)c(Cl)c1. The first kappa shape index (κ1) is 20.3. The zero-order valence-electron chi connectivity index (χ0n) is 17.0. The topological polar surface area (TPSA) is 76.7 Å². The normalized spacial score (nSPS) is 22.8. The highest BCUT2D eigenvalue weighted by Gasteiger charge is 2.44. The molecule has 2 N–H and O–H groups in total. The van der Waals surface area contributed by atoms with Crippen LogP contribution in [0.4, 0.5) is 11.4 Å². The molecule has 1 aliphatic heterocycles. The molecule has 3 atom stereocenters. The Morgan fingerprint density at radius 2 is 1.87 bits per heavy atom. The first-order valence-electron chi connectivity index (χ1n) is 9.75. The van der Waals surface area contributed by atoms with Gasteiger partial charge in [-0.15, -0.1) is 0 Å². The minimum atomic E-state index is -0.838. The molecule has 30 heavy (non-hydrogen) atoms. The Hall–Kier alpha value is -2.99. The van der Waals surface area contributed by atoms with Gasteiger partial charge in [0.15, 0.2) is 5.78 Å². The summed E-state index contributed by atoms with van der Waals surface area (Å²) >= 11 is 6.38. The van der Waals surface area contributed by atoms with Gasteiger partial charge in [-0.2, -0.15) is 0 Å². The smallest absolute Gasteiger partial charge is 0.316 e. The summed E-state index contributed by atoms with van der Waals surface area (Å²) in [6, 6.07) is 12.7. The first-order chi connectivity index (χ1) is 14.4. The lowest BCUT2D eigenvalue weighted by Gasteiger charge is -2.32. The average molecular weight is 427 g/mol. The summed E-state index contributed by atoms with van der Waals surface area (Å²) in [7, 11) is 2.87. The van der Waals surface area contributed by atoms with Gasteiger partial charge in [0.1, 0.15) is 11.7 Å². The number of anilines is 2. The number of halogens is 1. The minimum Gasteiger partial charge on any atom is -0.495 e. The highest BCUT2D eigenvalue weighted by molar-refractivity contribution is 6.32. The number of benzene rings is 2. The largest absolute Gasteiger partial charge is 0.495 e. The van der Waals surface area contributed by atoms with Crippen molar-refractivity contribution in [1.29, 1.82) is 0 Å². The molecule has 1 aliphatic carbocycles. The van der Waals surface area contributed by atoms with Crippen molar-refractivity contribution in [3.63, 3.8) is 0 Å². The number of allylic oxidation sites excluding steroid dienone is 1. The van der Waals surface area contributed by atoms with E-state index in [1.54, 1.807) is 19.2 Å². The molecule has 2 aliphatic rings. The molecular formula is C23H23ClN2O4. The molecule has 6 nitrogen and oxygen atoms in total. The quantitative estimate of drug-likeness (QED) is 0.552. The number of hydrogen-bond acceptors (Lipinski definition) is 6. The zero-order valence-corrected chi connectivity index (χ0v) is 17.7. The third-order valence-electron chi connectivity index (χ3n) is 5.73. The van der Waals surface area contributed by atoms with E-state index in [2.05, 4.69) is 10.6 Å². The predicted octanol–water partition coefficient (Wildman–Crippen LogP) is 4.58. The Balaban J connectivity index is 1.87. The number of esters is 1. The van der Waals surface area contributed by atoms with Gasteiger partial charge in [-0.05, 0) is 42.2 Å². The molecule has 7 heteroatoms. The summed E-state index contributed by atoms with van der Waals surface area (Å²) < 4.78 is 10.2. The van der Waals surface area contributed by atoms with Crippen LogP contribution in [0.2, 0.25) is 5.02 Å². The minimum absolute atomic E-state index is 0.179. The lowest BCUT2D eigenvalue weighted by molar-refractivity contribution is -0.151. The maximum absolute atomic E-state index is 13.6. The summed E-state index contributed by atoms with van der Waals surface area (Å²) in [5.74, 6) is -1.21. The maximum Gasteiger partial charge on any atom is 0.316 e. The van der Waals surface area contributed by atoms with Crippen LogP contribution in [0.1, 0.15) is 24.9 Å². The summed E-state index contributed by atoms with van der Waals surface area (Å²) in [5.41, 5.74) is 3.88. The Morgan fingerprint density at radius 1 is 1.13 bits per heavy atom. The van der Waals surface area contributed by atoms with E-state index < -0.39 is 17.9 Å². The third-order valence-corrected chi connectivity index (χ3v) is 6.03. The Morgan fingerprint density at radius 3 is 2.53 bits per heavy atom. The molecule has 0 aromatic heterocycles. The summed E-state index contributed by atoms with van der Waals surface area (Å²) in [4.78, 5) is 26.0. The van der Waals surface area contributed by atoms with Crippen LogP contribution < -0.4 is 15.4 Å². The fourth-order valence-corrected chi connectivity index (χ4v) is 4.51. The predicted molar refractivity (Wildman–Crippen MR) is 116 cm³/mol. The fourth-order valence-electron chi connectivity index (χ4n) is 4.25. The number of fused-ring (bicyclic) bond motifs is 1. The van der Waals surface area contributed by atoms with Gasteiger partial charge in [0.25, 0.3) is 0 Å². The van der Waals surface area contributed by atoms with Crippen molar-refractivity contribution < 1.29 is 19.1 Å². The molecular weight excluding hydrogens is 404 g/mol. The van der Waals surface area contributed by atoms with Gasteiger partial charge in [0, 0.05) is 11.3 Å². The van der Waals surface area contributed by atoms with Gasteiger partial charge in [0.2, 0.25) is 0 Å². The van der Waals surface area contributed by atoms with E-state index in [1.165, 1.54) is 7.11 Å². The van der Waals surface area contributed by atoms with Crippen LogP contribution in [0.3, 0.4) is 0 Å². The number of hydrogen-bond donors (Lipinski definition) is 2. The molecule has 156 valence electrons. The van der Waals surface area contributed by atoms with Crippen molar-refractivity contribution in [2.45, 2.75) is 19.4 Å². The number of Topliss-reactive ketones (excluding diaryl/α,β-unsaturated/α-hetero) is 1. The molecule has 0 fully saturated rings. The average Bonchev–Trinajstić information content (AvgIpc) is 2.90. The van der Waals surface area contributed by atoms with Gasteiger partial charge in [-0.25, -0.2) is 0 Å². The summed E-state index contributed by atoms with van der Waals surface area (Å²) in [6.07, 6.45) is 0.553. The monoisotopic (exact) mass is 426 g/mol. The summed E-state index contributed by atoms with van der Waals surface area (Å²) in [6.45, 7) is 1.90. The van der Waals surface area contributed by atoms with Gasteiger partial charge >= 0.3 is 5.97 Å². The molecule has 0 amide bonds. The molecule has 0 radical (unpaired) electrons. The highest BCUT2D eigenvalue weighted by atomic mass is 35.5. The van der Waals surface area contributed by atoms with E-state index in [9.17, 15) is 9.59 Å². The van der Waals surface area contributed by atoms with E-state index in [0.29, 0.717) is 22.8 Å². The fraction of sp³-hybridized carbons (Fsp3) is 0.304. The number of carbonyl (C=O) groups is 2. The second-order valence-corrected chi connectivity index (χ2v) is 7.99. The molecule has 2 aromatic carbocycles. The lowest BCUT2D eigenvalue weighted by atomic mass is 9.75. The number of carbonyl (C=O) groups excluding carboxylic acids is 2. The zero-order chi connectivity index (χ0) is 21.4. The van der Waals surface area contributed by atoms with Crippen molar-refractivity contribution in [1.82, 2.24) is 0 Å². The third kappa shape index (κ3) is 3.41. The standard InChI is InChI=1S/C23H23ClN2O4/c1-12-10-17-20(22(27)19(12)23(28)30-3)21(13-8-9-18(29-2)14(24)11-13)26-16-7-5-4-6-15(16)25-17/h4-9,11-12,19,21,25-26H,10H2,1-3H3/t12-,19+,21-/m1/s1. The molecule has 1 heterocycles. The van der Waals surface area contributed by atoms with Crippen molar-refractivity contribution in [2.75, 3.05) is 24.9 Å². The molecule has 0 bridgehead atoms. The number of ketones is 1. The molecule has 0 saturated carbocycles. The Kier molecular flexibility index (Phi) is 5.43. The van der Waals surface area contributed by atoms with E-state index in [-0.39, 0.29) is 11.7 Å². The Labute approximate surface area is 180 Å². The number of ether oxygens (including phenoxy) is 2. The summed E-state index contributed by atoms with van der Waals surface area (Å²) in [5, 5.41) is 7.34. The molecule has 4 rings (SSSR count). The van der Waals surface area contributed by atoms with Gasteiger partial charge in [-0.1, -0.05) is 36.7 Å². The van der Waals surface area contributed by atoms with Gasteiger partial charge in [-0.3, -0.25) is 9.59 Å². The maximum atomic E-state index is 13.6. The molecule has 0 unspecified atom stereocenters. The van der Waals surface area contributed by atoms with Crippen LogP contribution in [0, 0.1) is 11.8 Å². The van der Waals surface area contributed by atoms with Gasteiger partial charge < -0.3 is 20.1 Å².